The van der Waals surface area contributed by atoms with Crippen molar-refractivity contribution in [2.24, 2.45) is 0 Å². The van der Waals surface area contributed by atoms with E-state index in [1.807, 2.05) is 13.8 Å². The van der Waals surface area contributed by atoms with Gasteiger partial charge in [-0.1, -0.05) is 6.07 Å². The first-order chi connectivity index (χ1) is 8.82. The van der Waals surface area contributed by atoms with E-state index in [4.69, 9.17) is 0 Å². The summed E-state index contributed by atoms with van der Waals surface area (Å²) in [4.78, 5) is 24.8. The molecule has 1 rings (SSSR count). The van der Waals surface area contributed by atoms with Gasteiger partial charge >= 0.3 is 0 Å². The molecular formula is C13H16BrFN2O2. The van der Waals surface area contributed by atoms with Gasteiger partial charge in [0.05, 0.1) is 12.1 Å². The lowest BCUT2D eigenvalue weighted by atomic mass is 10.2. The van der Waals surface area contributed by atoms with Crippen molar-refractivity contribution in [3.63, 3.8) is 0 Å². The summed E-state index contributed by atoms with van der Waals surface area (Å²) in [5.74, 6) is -1.43. The normalized spacial score (nSPS) is 10.4. The highest BCUT2D eigenvalue weighted by atomic mass is 79.9. The molecule has 0 atom stereocenters. The van der Waals surface area contributed by atoms with E-state index in [0.717, 1.165) is 0 Å². The van der Waals surface area contributed by atoms with Crippen LogP contribution >= 0.6 is 15.9 Å². The average molecular weight is 331 g/mol. The summed E-state index contributed by atoms with van der Waals surface area (Å²) in [5, 5.41) is 2.67. The molecular weight excluding hydrogens is 315 g/mol. The van der Waals surface area contributed by atoms with E-state index in [1.165, 1.54) is 24.1 Å². The van der Waals surface area contributed by atoms with Crippen molar-refractivity contribution in [3.05, 3.63) is 34.1 Å². The van der Waals surface area contributed by atoms with Crippen molar-refractivity contribution in [3.8, 4) is 0 Å². The Morgan fingerprint density at radius 1 is 1.42 bits per heavy atom. The summed E-state index contributed by atoms with van der Waals surface area (Å²) in [6, 6.07) is 4.29. The van der Waals surface area contributed by atoms with Crippen molar-refractivity contribution < 1.29 is 14.0 Å². The van der Waals surface area contributed by atoms with E-state index in [2.05, 4.69) is 21.2 Å². The summed E-state index contributed by atoms with van der Waals surface area (Å²) < 4.78 is 14.0. The van der Waals surface area contributed by atoms with Crippen LogP contribution in [0, 0.1) is 5.82 Å². The molecule has 104 valence electrons. The predicted molar refractivity (Wildman–Crippen MR) is 74.3 cm³/mol. The molecule has 4 nitrogen and oxygen atoms in total. The van der Waals surface area contributed by atoms with Gasteiger partial charge in [0.1, 0.15) is 5.82 Å². The third-order valence-corrected chi connectivity index (χ3v) is 3.01. The maximum atomic E-state index is 13.6. The smallest absolute Gasteiger partial charge is 0.258 e. The van der Waals surface area contributed by atoms with Gasteiger partial charge in [0.25, 0.3) is 5.91 Å². The number of benzene rings is 1. The average Bonchev–Trinajstić information content (AvgIpc) is 2.26. The highest BCUT2D eigenvalue weighted by Crippen LogP contribution is 2.20. The monoisotopic (exact) mass is 330 g/mol. The Morgan fingerprint density at radius 2 is 2.05 bits per heavy atom. The Morgan fingerprint density at radius 3 is 2.58 bits per heavy atom. The highest BCUT2D eigenvalue weighted by molar-refractivity contribution is 9.10. The van der Waals surface area contributed by atoms with Gasteiger partial charge in [0.15, 0.2) is 0 Å². The van der Waals surface area contributed by atoms with Gasteiger partial charge in [-0.15, -0.1) is 0 Å². The van der Waals surface area contributed by atoms with Gasteiger partial charge in [-0.25, -0.2) is 4.39 Å². The minimum Gasteiger partial charge on any atom is -0.352 e. The lowest BCUT2D eigenvalue weighted by molar-refractivity contribution is -0.122. The molecule has 0 saturated heterocycles. The second kappa shape index (κ2) is 6.65. The molecule has 0 saturated carbocycles. The minimum absolute atomic E-state index is 0.00352. The molecule has 0 aliphatic carbocycles. The Hall–Kier alpha value is -1.43. The second-order valence-electron chi connectivity index (χ2n) is 4.48. The number of nitrogens with one attached hydrogen (secondary N) is 1. The van der Waals surface area contributed by atoms with Crippen molar-refractivity contribution in [1.29, 1.82) is 0 Å². The number of likely N-dealkylation sites (N-methyl/N-ethyl adjacent to an activating group) is 1. The summed E-state index contributed by atoms with van der Waals surface area (Å²) in [7, 11) is 1.46. The van der Waals surface area contributed by atoms with Crippen LogP contribution in [0.2, 0.25) is 0 Å². The van der Waals surface area contributed by atoms with Crippen LogP contribution in [0.15, 0.2) is 22.7 Å². The SMILES string of the molecule is CC(C)NC(=O)CN(C)C(=O)c1c(F)cccc1Br. The van der Waals surface area contributed by atoms with E-state index >= 15 is 0 Å². The molecule has 0 heterocycles. The molecule has 19 heavy (non-hydrogen) atoms. The third-order valence-electron chi connectivity index (χ3n) is 2.35. The molecule has 0 spiro atoms. The topological polar surface area (TPSA) is 49.4 Å². The fraction of sp³-hybridized carbons (Fsp3) is 0.385. The quantitative estimate of drug-likeness (QED) is 0.919. The van der Waals surface area contributed by atoms with E-state index in [1.54, 1.807) is 6.07 Å². The van der Waals surface area contributed by atoms with Crippen LogP contribution in [0.1, 0.15) is 24.2 Å². The molecule has 1 aromatic rings. The number of carbonyl (C=O) groups excluding carboxylic acids is 2. The molecule has 6 heteroatoms. The van der Waals surface area contributed by atoms with E-state index in [0.29, 0.717) is 4.47 Å². The van der Waals surface area contributed by atoms with E-state index in [-0.39, 0.29) is 24.1 Å². The standard InChI is InChI=1S/C13H16BrFN2O2/c1-8(2)16-11(18)7-17(3)13(19)12-9(14)5-4-6-10(12)15/h4-6,8H,7H2,1-3H3,(H,16,18). The van der Waals surface area contributed by atoms with Crippen LogP contribution < -0.4 is 5.32 Å². The second-order valence-corrected chi connectivity index (χ2v) is 5.33. The first-order valence-corrected chi connectivity index (χ1v) is 6.61. The summed E-state index contributed by atoms with van der Waals surface area (Å²) >= 11 is 3.13. The zero-order valence-corrected chi connectivity index (χ0v) is 12.6. The molecule has 0 unspecified atom stereocenters. The fourth-order valence-electron chi connectivity index (χ4n) is 1.55. The van der Waals surface area contributed by atoms with Crippen LogP contribution in [-0.4, -0.2) is 36.3 Å². The summed E-state index contributed by atoms with van der Waals surface area (Å²) in [5.41, 5.74) is -0.0673. The van der Waals surface area contributed by atoms with Crippen LogP contribution in [0.4, 0.5) is 4.39 Å². The van der Waals surface area contributed by atoms with Gasteiger partial charge < -0.3 is 10.2 Å². The van der Waals surface area contributed by atoms with Gasteiger partial charge in [0.2, 0.25) is 5.91 Å². The van der Waals surface area contributed by atoms with Crippen LogP contribution in [0.3, 0.4) is 0 Å². The van der Waals surface area contributed by atoms with Gasteiger partial charge in [-0.2, -0.15) is 0 Å². The molecule has 0 radical (unpaired) electrons. The number of halogens is 2. The number of hydrogen-bond donors (Lipinski definition) is 1. The van der Waals surface area contributed by atoms with Crippen molar-refractivity contribution in [2.75, 3.05) is 13.6 Å². The minimum atomic E-state index is -0.615. The number of amides is 2. The number of hydrogen-bond acceptors (Lipinski definition) is 2. The predicted octanol–water partition coefficient (Wildman–Crippen LogP) is 2.18. The Labute approximate surface area is 120 Å². The molecule has 0 aliphatic rings. The number of nitrogens with zero attached hydrogens (tertiary/aromatic N) is 1. The molecule has 0 fully saturated rings. The van der Waals surface area contributed by atoms with E-state index in [9.17, 15) is 14.0 Å². The fourth-order valence-corrected chi connectivity index (χ4v) is 2.06. The largest absolute Gasteiger partial charge is 0.352 e. The zero-order chi connectivity index (χ0) is 14.6. The first-order valence-electron chi connectivity index (χ1n) is 5.81. The summed E-state index contributed by atoms with van der Waals surface area (Å²) in [6.45, 7) is 3.54. The summed E-state index contributed by atoms with van der Waals surface area (Å²) in [6.07, 6.45) is 0. The molecule has 2 amide bonds. The van der Waals surface area contributed by atoms with E-state index < -0.39 is 11.7 Å². The maximum absolute atomic E-state index is 13.6. The Kier molecular flexibility index (Phi) is 5.47. The maximum Gasteiger partial charge on any atom is 0.258 e. The first kappa shape index (κ1) is 15.6. The lowest BCUT2D eigenvalue weighted by Crippen LogP contribution is -2.41. The van der Waals surface area contributed by atoms with Crippen LogP contribution in [0.5, 0.6) is 0 Å². The van der Waals surface area contributed by atoms with Crippen molar-refractivity contribution >= 4 is 27.7 Å². The van der Waals surface area contributed by atoms with Crippen LogP contribution in [0.25, 0.3) is 0 Å². The Bertz CT molecular complexity index is 471. The van der Waals surface area contributed by atoms with Gasteiger partial charge in [-0.05, 0) is 41.9 Å². The number of rotatable bonds is 4. The van der Waals surface area contributed by atoms with Crippen LogP contribution in [-0.2, 0) is 4.79 Å². The molecule has 1 aromatic carbocycles. The zero-order valence-electron chi connectivity index (χ0n) is 11.0. The lowest BCUT2D eigenvalue weighted by Gasteiger charge is -2.18. The van der Waals surface area contributed by atoms with Crippen molar-refractivity contribution in [1.82, 2.24) is 10.2 Å². The molecule has 0 aromatic heterocycles. The van der Waals surface area contributed by atoms with Gasteiger partial charge in [-0.3, -0.25) is 9.59 Å². The molecule has 1 N–H and O–H groups in total. The third kappa shape index (κ3) is 4.31. The number of carbonyl (C=O) groups is 2. The highest BCUT2D eigenvalue weighted by Gasteiger charge is 2.21. The molecule has 0 aliphatic heterocycles. The van der Waals surface area contributed by atoms with Gasteiger partial charge in [0, 0.05) is 17.6 Å². The van der Waals surface area contributed by atoms with Crippen molar-refractivity contribution in [2.45, 2.75) is 19.9 Å². The Balaban J connectivity index is 2.80. The molecule has 0 bridgehead atoms.